The lowest BCUT2D eigenvalue weighted by Crippen LogP contribution is -2.47. The molecule has 1 atom stereocenters. The van der Waals surface area contributed by atoms with Crippen LogP contribution in [0.15, 0.2) is 0 Å². The van der Waals surface area contributed by atoms with Crippen LogP contribution >= 0.6 is 0 Å². The first kappa shape index (κ1) is 16.8. The first-order valence-corrected chi connectivity index (χ1v) is 7.31. The van der Waals surface area contributed by atoms with Crippen molar-refractivity contribution in [1.29, 1.82) is 0 Å². The second-order valence-electron chi connectivity index (χ2n) is 6.52. The van der Waals surface area contributed by atoms with Gasteiger partial charge in [0, 0.05) is 5.54 Å². The lowest BCUT2D eigenvalue weighted by molar-refractivity contribution is -0.130. The van der Waals surface area contributed by atoms with Gasteiger partial charge in [0.1, 0.15) is 0 Å². The topological polar surface area (TPSA) is 93.4 Å². The van der Waals surface area contributed by atoms with Crippen LogP contribution in [-0.2, 0) is 9.53 Å². The molecular formula is C14H27N3O3. The van der Waals surface area contributed by atoms with E-state index in [0.29, 0.717) is 12.3 Å². The Labute approximate surface area is 120 Å². The molecule has 0 saturated heterocycles. The number of rotatable bonds is 4. The predicted molar refractivity (Wildman–Crippen MR) is 76.7 cm³/mol. The van der Waals surface area contributed by atoms with Crippen LogP contribution in [-0.4, -0.2) is 23.6 Å². The lowest BCUT2D eigenvalue weighted by Gasteiger charge is -2.27. The van der Waals surface area contributed by atoms with Crippen molar-refractivity contribution in [1.82, 2.24) is 10.7 Å². The van der Waals surface area contributed by atoms with Gasteiger partial charge in [-0.15, -0.1) is 0 Å². The summed E-state index contributed by atoms with van der Waals surface area (Å²) in [7, 11) is 0. The van der Waals surface area contributed by atoms with E-state index < -0.39 is 23.6 Å². The minimum Gasteiger partial charge on any atom is -0.436 e. The highest BCUT2D eigenvalue weighted by molar-refractivity contribution is 5.83. The number of nitrogens with two attached hydrogens (primary N) is 1. The molecular weight excluding hydrogens is 258 g/mol. The normalized spacial score (nSPS) is 18.2. The maximum atomic E-state index is 11.8. The Kier molecular flexibility index (Phi) is 6.26. The Morgan fingerprint density at radius 3 is 2.35 bits per heavy atom. The van der Waals surface area contributed by atoms with Crippen molar-refractivity contribution in [3.8, 4) is 0 Å². The van der Waals surface area contributed by atoms with E-state index in [9.17, 15) is 9.59 Å². The molecule has 0 radical (unpaired) electrons. The predicted octanol–water partition coefficient (Wildman–Crippen LogP) is 1.84. The standard InChI is InChI=1S/C14H27N3O3/c1-14(2,3)16-13(19)20-11(12(18)17-15)9-10-7-5-4-6-8-10/h10-11H,4-9,15H2,1-3H3,(H,16,19)(H,17,18)/t11-/m0/s1. The summed E-state index contributed by atoms with van der Waals surface area (Å²) in [5.74, 6) is 5.15. The second kappa shape index (κ2) is 7.47. The molecule has 20 heavy (non-hydrogen) atoms. The number of hydrogen-bond acceptors (Lipinski definition) is 4. The third kappa shape index (κ3) is 6.23. The van der Waals surface area contributed by atoms with E-state index in [1.54, 1.807) is 0 Å². The number of hydrazine groups is 1. The Balaban J connectivity index is 2.55. The fourth-order valence-electron chi connectivity index (χ4n) is 2.49. The van der Waals surface area contributed by atoms with Crippen molar-refractivity contribution in [3.05, 3.63) is 0 Å². The van der Waals surface area contributed by atoms with Crippen LogP contribution in [0.2, 0.25) is 0 Å². The van der Waals surface area contributed by atoms with Crippen molar-refractivity contribution < 1.29 is 14.3 Å². The van der Waals surface area contributed by atoms with Crippen LogP contribution in [0.5, 0.6) is 0 Å². The molecule has 0 aromatic rings. The molecule has 0 aromatic carbocycles. The summed E-state index contributed by atoms with van der Waals surface area (Å²) in [6.45, 7) is 5.56. The quantitative estimate of drug-likeness (QED) is 0.417. The number of carbonyl (C=O) groups excluding carboxylic acids is 2. The first-order chi connectivity index (χ1) is 9.31. The fourth-order valence-corrected chi connectivity index (χ4v) is 2.49. The summed E-state index contributed by atoms with van der Waals surface area (Å²) < 4.78 is 5.24. The molecule has 0 spiro atoms. The van der Waals surface area contributed by atoms with Gasteiger partial charge in [-0.3, -0.25) is 10.2 Å². The third-order valence-electron chi connectivity index (χ3n) is 3.43. The molecule has 116 valence electrons. The van der Waals surface area contributed by atoms with E-state index in [4.69, 9.17) is 10.6 Å². The van der Waals surface area contributed by atoms with Crippen LogP contribution in [0.4, 0.5) is 4.79 Å². The van der Waals surface area contributed by atoms with Gasteiger partial charge in [-0.1, -0.05) is 32.1 Å². The molecule has 1 aliphatic rings. The van der Waals surface area contributed by atoms with Gasteiger partial charge in [0.05, 0.1) is 0 Å². The Hall–Kier alpha value is -1.30. The van der Waals surface area contributed by atoms with Crippen LogP contribution in [0.3, 0.4) is 0 Å². The van der Waals surface area contributed by atoms with E-state index in [1.165, 1.54) is 19.3 Å². The summed E-state index contributed by atoms with van der Waals surface area (Å²) >= 11 is 0. The Morgan fingerprint density at radius 1 is 1.25 bits per heavy atom. The van der Waals surface area contributed by atoms with E-state index in [0.717, 1.165) is 12.8 Å². The average molecular weight is 285 g/mol. The molecule has 0 aromatic heterocycles. The monoisotopic (exact) mass is 285 g/mol. The van der Waals surface area contributed by atoms with Gasteiger partial charge >= 0.3 is 6.09 Å². The summed E-state index contributed by atoms with van der Waals surface area (Å²) in [4.78, 5) is 23.5. The molecule has 2 amide bonds. The molecule has 0 bridgehead atoms. The summed E-state index contributed by atoms with van der Waals surface area (Å²) in [6, 6.07) is 0. The summed E-state index contributed by atoms with van der Waals surface area (Å²) in [6.07, 6.45) is 4.91. The highest BCUT2D eigenvalue weighted by Gasteiger charge is 2.28. The van der Waals surface area contributed by atoms with E-state index >= 15 is 0 Å². The van der Waals surface area contributed by atoms with Crippen molar-refractivity contribution in [2.45, 2.75) is 70.9 Å². The maximum Gasteiger partial charge on any atom is 0.408 e. The van der Waals surface area contributed by atoms with Gasteiger partial charge in [-0.2, -0.15) is 0 Å². The number of ether oxygens (including phenoxy) is 1. The third-order valence-corrected chi connectivity index (χ3v) is 3.43. The fraction of sp³-hybridized carbons (Fsp3) is 0.857. The summed E-state index contributed by atoms with van der Waals surface area (Å²) in [5.41, 5.74) is 1.68. The van der Waals surface area contributed by atoms with Gasteiger partial charge in [0.2, 0.25) is 0 Å². The van der Waals surface area contributed by atoms with Gasteiger partial charge in [-0.25, -0.2) is 10.6 Å². The van der Waals surface area contributed by atoms with Crippen molar-refractivity contribution in [2.75, 3.05) is 0 Å². The molecule has 0 aliphatic heterocycles. The molecule has 4 N–H and O–H groups in total. The van der Waals surface area contributed by atoms with Gasteiger partial charge < -0.3 is 10.1 Å². The van der Waals surface area contributed by atoms with Crippen LogP contribution in [0, 0.1) is 5.92 Å². The highest BCUT2D eigenvalue weighted by Crippen LogP contribution is 2.28. The van der Waals surface area contributed by atoms with E-state index in [-0.39, 0.29) is 0 Å². The van der Waals surface area contributed by atoms with Crippen molar-refractivity contribution >= 4 is 12.0 Å². The molecule has 6 nitrogen and oxygen atoms in total. The number of amides is 2. The first-order valence-electron chi connectivity index (χ1n) is 7.31. The Morgan fingerprint density at radius 2 is 1.85 bits per heavy atom. The molecule has 0 unspecified atom stereocenters. The lowest BCUT2D eigenvalue weighted by atomic mass is 9.85. The zero-order chi connectivity index (χ0) is 15.2. The van der Waals surface area contributed by atoms with Crippen LogP contribution < -0.4 is 16.6 Å². The van der Waals surface area contributed by atoms with Crippen molar-refractivity contribution in [2.24, 2.45) is 11.8 Å². The van der Waals surface area contributed by atoms with Gasteiger partial charge in [0.25, 0.3) is 5.91 Å². The number of nitrogens with one attached hydrogen (secondary N) is 2. The Bertz CT molecular complexity index is 333. The SMILES string of the molecule is CC(C)(C)NC(=O)O[C@@H](CC1CCCCC1)C(=O)NN. The van der Waals surface area contributed by atoms with Crippen LogP contribution in [0.25, 0.3) is 0 Å². The molecule has 1 aliphatic carbocycles. The summed E-state index contributed by atoms with van der Waals surface area (Å²) in [5, 5.41) is 2.68. The molecule has 0 heterocycles. The van der Waals surface area contributed by atoms with Crippen molar-refractivity contribution in [3.63, 3.8) is 0 Å². The van der Waals surface area contributed by atoms with Crippen LogP contribution in [0.1, 0.15) is 59.3 Å². The van der Waals surface area contributed by atoms with Gasteiger partial charge in [-0.05, 0) is 33.1 Å². The molecule has 1 saturated carbocycles. The number of carbonyl (C=O) groups is 2. The zero-order valence-corrected chi connectivity index (χ0v) is 12.7. The van der Waals surface area contributed by atoms with E-state index in [1.807, 2.05) is 20.8 Å². The second-order valence-corrected chi connectivity index (χ2v) is 6.52. The maximum absolute atomic E-state index is 11.8. The smallest absolute Gasteiger partial charge is 0.408 e. The molecule has 1 rings (SSSR count). The minimum atomic E-state index is -0.814. The van der Waals surface area contributed by atoms with E-state index in [2.05, 4.69) is 10.7 Å². The minimum absolute atomic E-state index is 0.397. The number of alkyl carbamates (subject to hydrolysis) is 1. The largest absolute Gasteiger partial charge is 0.436 e. The highest BCUT2D eigenvalue weighted by atomic mass is 16.6. The molecule has 1 fully saturated rings. The molecule has 6 heteroatoms. The zero-order valence-electron chi connectivity index (χ0n) is 12.7. The number of hydrogen-bond donors (Lipinski definition) is 3. The average Bonchev–Trinajstić information content (AvgIpc) is 2.36. The van der Waals surface area contributed by atoms with Gasteiger partial charge in [0.15, 0.2) is 6.10 Å².